The van der Waals surface area contributed by atoms with E-state index in [-0.39, 0.29) is 0 Å². The molecule has 0 radical (unpaired) electrons. The number of rotatable bonds is 4. The summed E-state index contributed by atoms with van der Waals surface area (Å²) in [5.41, 5.74) is 10.5. The summed E-state index contributed by atoms with van der Waals surface area (Å²) in [7, 11) is 0. The first kappa shape index (κ1) is 17.3. The maximum atomic E-state index is 6.23. The predicted molar refractivity (Wildman–Crippen MR) is 105 cm³/mol. The highest BCUT2D eigenvalue weighted by molar-refractivity contribution is 6.43. The lowest BCUT2D eigenvalue weighted by Crippen LogP contribution is -2.06. The van der Waals surface area contributed by atoms with E-state index in [1.54, 1.807) is 18.2 Å². The largest absolute Gasteiger partial charge is 0.393 e. The van der Waals surface area contributed by atoms with Crippen LogP contribution in [-0.2, 0) is 0 Å². The number of benzene rings is 2. The summed E-state index contributed by atoms with van der Waals surface area (Å²) in [6.45, 7) is 4.10. The van der Waals surface area contributed by atoms with Crippen molar-refractivity contribution in [1.82, 2.24) is 9.97 Å². The number of hydrogen-bond donors (Lipinski definition) is 3. The fourth-order valence-corrected chi connectivity index (χ4v) is 2.68. The SMILES string of the molecule is Cc1cccc(Nc2ncnc(Nc3cccc(Cl)c3Cl)c2N)c1C. The van der Waals surface area contributed by atoms with Crippen LogP contribution in [0, 0.1) is 13.8 Å². The molecule has 0 bridgehead atoms. The Morgan fingerprint density at radius 2 is 1.48 bits per heavy atom. The van der Waals surface area contributed by atoms with Crippen molar-refractivity contribution in [2.75, 3.05) is 16.4 Å². The number of hydrogen-bond acceptors (Lipinski definition) is 5. The normalized spacial score (nSPS) is 10.6. The van der Waals surface area contributed by atoms with Crippen molar-refractivity contribution in [1.29, 1.82) is 0 Å². The van der Waals surface area contributed by atoms with Gasteiger partial charge < -0.3 is 16.4 Å². The molecule has 1 aromatic heterocycles. The Hall–Kier alpha value is -2.50. The van der Waals surface area contributed by atoms with Gasteiger partial charge in [0.15, 0.2) is 11.6 Å². The van der Waals surface area contributed by atoms with Gasteiger partial charge in [-0.05, 0) is 43.2 Å². The third-order valence-corrected chi connectivity index (χ3v) is 4.77. The molecule has 7 heteroatoms. The topological polar surface area (TPSA) is 75.9 Å². The lowest BCUT2D eigenvalue weighted by Gasteiger charge is -2.15. The molecule has 0 unspecified atom stereocenters. The zero-order valence-corrected chi connectivity index (χ0v) is 15.3. The second-order valence-electron chi connectivity index (χ2n) is 5.58. The second kappa shape index (κ2) is 7.17. The molecule has 4 N–H and O–H groups in total. The van der Waals surface area contributed by atoms with E-state index in [0.717, 1.165) is 11.3 Å². The van der Waals surface area contributed by atoms with Crippen molar-refractivity contribution >= 4 is 51.9 Å². The van der Waals surface area contributed by atoms with Gasteiger partial charge in [-0.2, -0.15) is 0 Å². The number of nitrogens with zero attached hydrogens (tertiary/aromatic N) is 2. The van der Waals surface area contributed by atoms with E-state index in [1.807, 2.05) is 19.1 Å². The Balaban J connectivity index is 1.92. The van der Waals surface area contributed by atoms with Gasteiger partial charge in [0.2, 0.25) is 0 Å². The summed E-state index contributed by atoms with van der Waals surface area (Å²) in [6.07, 6.45) is 1.44. The zero-order chi connectivity index (χ0) is 18.0. The van der Waals surface area contributed by atoms with Crippen LogP contribution >= 0.6 is 23.2 Å². The van der Waals surface area contributed by atoms with Crippen molar-refractivity contribution in [3.8, 4) is 0 Å². The lowest BCUT2D eigenvalue weighted by molar-refractivity contribution is 1.17. The Kier molecular flexibility index (Phi) is 4.97. The van der Waals surface area contributed by atoms with Crippen molar-refractivity contribution < 1.29 is 0 Å². The molecule has 25 heavy (non-hydrogen) atoms. The van der Waals surface area contributed by atoms with E-state index in [4.69, 9.17) is 28.9 Å². The third-order valence-electron chi connectivity index (χ3n) is 3.95. The summed E-state index contributed by atoms with van der Waals surface area (Å²) in [5, 5.41) is 7.22. The first-order chi connectivity index (χ1) is 12.0. The Labute approximate surface area is 156 Å². The molecule has 0 aliphatic heterocycles. The quantitative estimate of drug-likeness (QED) is 0.565. The molecule has 0 fully saturated rings. The Morgan fingerprint density at radius 3 is 2.20 bits per heavy atom. The highest BCUT2D eigenvalue weighted by Crippen LogP contribution is 2.34. The van der Waals surface area contributed by atoms with E-state index in [1.165, 1.54) is 11.9 Å². The van der Waals surface area contributed by atoms with Gasteiger partial charge in [-0.1, -0.05) is 41.4 Å². The van der Waals surface area contributed by atoms with Gasteiger partial charge in [-0.3, -0.25) is 0 Å². The highest BCUT2D eigenvalue weighted by atomic mass is 35.5. The molecule has 0 atom stereocenters. The molecule has 2 aromatic carbocycles. The zero-order valence-electron chi connectivity index (χ0n) is 13.8. The minimum atomic E-state index is 0.388. The minimum Gasteiger partial charge on any atom is -0.393 e. The molecular weight excluding hydrogens is 357 g/mol. The summed E-state index contributed by atoms with van der Waals surface area (Å²) < 4.78 is 0. The van der Waals surface area contributed by atoms with Crippen LogP contribution in [0.15, 0.2) is 42.7 Å². The fourth-order valence-electron chi connectivity index (χ4n) is 2.34. The molecule has 1 heterocycles. The molecule has 0 amide bonds. The predicted octanol–water partition coefficient (Wildman–Crippen LogP) is 5.47. The molecular formula is C18H17Cl2N5. The van der Waals surface area contributed by atoms with Crippen LogP contribution in [0.2, 0.25) is 10.0 Å². The summed E-state index contributed by atoms with van der Waals surface area (Å²) in [4.78, 5) is 8.44. The van der Waals surface area contributed by atoms with E-state index in [9.17, 15) is 0 Å². The van der Waals surface area contributed by atoms with Crippen molar-refractivity contribution in [3.05, 3.63) is 63.9 Å². The summed E-state index contributed by atoms with van der Waals surface area (Å²) >= 11 is 12.3. The van der Waals surface area contributed by atoms with Crippen LogP contribution in [0.1, 0.15) is 11.1 Å². The first-order valence-electron chi connectivity index (χ1n) is 7.62. The number of anilines is 5. The number of halogens is 2. The maximum absolute atomic E-state index is 6.23. The molecule has 128 valence electrons. The second-order valence-corrected chi connectivity index (χ2v) is 6.37. The number of nitrogens with one attached hydrogen (secondary N) is 2. The van der Waals surface area contributed by atoms with Gasteiger partial charge in [0, 0.05) is 5.69 Å². The van der Waals surface area contributed by atoms with Gasteiger partial charge in [0.05, 0.1) is 15.7 Å². The molecule has 0 spiro atoms. The van der Waals surface area contributed by atoms with E-state index in [0.29, 0.717) is 33.1 Å². The molecule has 3 rings (SSSR count). The summed E-state index contributed by atoms with van der Waals surface area (Å²) in [6, 6.07) is 11.3. The molecule has 0 saturated carbocycles. The Morgan fingerprint density at radius 1 is 0.880 bits per heavy atom. The fraction of sp³-hybridized carbons (Fsp3) is 0.111. The van der Waals surface area contributed by atoms with Gasteiger partial charge in [0.1, 0.15) is 12.0 Å². The van der Waals surface area contributed by atoms with Gasteiger partial charge in [-0.15, -0.1) is 0 Å². The van der Waals surface area contributed by atoms with E-state index >= 15 is 0 Å². The van der Waals surface area contributed by atoms with Gasteiger partial charge in [-0.25, -0.2) is 9.97 Å². The molecule has 0 aliphatic carbocycles. The minimum absolute atomic E-state index is 0.388. The van der Waals surface area contributed by atoms with Crippen molar-refractivity contribution in [2.45, 2.75) is 13.8 Å². The average Bonchev–Trinajstić information content (AvgIpc) is 2.59. The van der Waals surface area contributed by atoms with Crippen LogP contribution in [0.3, 0.4) is 0 Å². The lowest BCUT2D eigenvalue weighted by atomic mass is 10.1. The molecule has 5 nitrogen and oxygen atoms in total. The van der Waals surface area contributed by atoms with Crippen LogP contribution in [0.25, 0.3) is 0 Å². The monoisotopic (exact) mass is 373 g/mol. The smallest absolute Gasteiger partial charge is 0.159 e. The highest BCUT2D eigenvalue weighted by Gasteiger charge is 2.12. The van der Waals surface area contributed by atoms with Crippen LogP contribution in [0.4, 0.5) is 28.7 Å². The van der Waals surface area contributed by atoms with Crippen LogP contribution < -0.4 is 16.4 Å². The van der Waals surface area contributed by atoms with Crippen LogP contribution in [0.5, 0.6) is 0 Å². The Bertz CT molecular complexity index is 856. The first-order valence-corrected chi connectivity index (χ1v) is 8.37. The number of nitrogen functional groups attached to an aromatic ring is 1. The van der Waals surface area contributed by atoms with Crippen LogP contribution in [-0.4, -0.2) is 9.97 Å². The maximum Gasteiger partial charge on any atom is 0.159 e. The van der Waals surface area contributed by atoms with Crippen molar-refractivity contribution in [2.24, 2.45) is 0 Å². The molecule has 0 aliphatic rings. The van der Waals surface area contributed by atoms with E-state index < -0.39 is 0 Å². The average molecular weight is 374 g/mol. The van der Waals surface area contributed by atoms with Gasteiger partial charge >= 0.3 is 0 Å². The molecule has 0 saturated heterocycles. The third kappa shape index (κ3) is 3.62. The van der Waals surface area contributed by atoms with Crippen molar-refractivity contribution in [3.63, 3.8) is 0 Å². The number of aromatic nitrogens is 2. The van der Waals surface area contributed by atoms with E-state index in [2.05, 4.69) is 33.6 Å². The number of aryl methyl sites for hydroxylation is 1. The molecule has 3 aromatic rings. The number of nitrogens with two attached hydrogens (primary N) is 1. The van der Waals surface area contributed by atoms with Gasteiger partial charge in [0.25, 0.3) is 0 Å². The summed E-state index contributed by atoms with van der Waals surface area (Å²) in [5.74, 6) is 0.969. The standard InChI is InChI=1S/C18H17Cl2N5/c1-10-5-3-7-13(11(10)2)24-17-16(21)18(23-9-22-17)25-14-8-4-6-12(19)15(14)20/h3-9H,21H2,1-2H3,(H2,22,23,24,25).